The normalized spacial score (nSPS) is 11.9. The molecule has 74 valence electrons. The van der Waals surface area contributed by atoms with E-state index in [1.54, 1.807) is 12.3 Å². The number of halogens is 3. The van der Waals surface area contributed by atoms with Gasteiger partial charge in [-0.1, -0.05) is 6.07 Å². The molecule has 0 aliphatic rings. The van der Waals surface area contributed by atoms with E-state index in [0.29, 0.717) is 6.42 Å². The summed E-state index contributed by atoms with van der Waals surface area (Å²) >= 11 is 3.21. The number of nitrogens with zero attached hydrogens (tertiary/aromatic N) is 1. The first-order valence-electron chi connectivity index (χ1n) is 3.67. The van der Waals surface area contributed by atoms with E-state index in [0.717, 1.165) is 10.2 Å². The van der Waals surface area contributed by atoms with Crippen molar-refractivity contribution in [1.29, 1.82) is 0 Å². The van der Waals surface area contributed by atoms with Crippen LogP contribution in [0.25, 0.3) is 0 Å². The molecule has 1 aromatic rings. The zero-order valence-electron chi connectivity index (χ0n) is 6.91. The fraction of sp³-hybridized carbons (Fsp3) is 0.375. The first kappa shape index (κ1) is 12.8. The third-order valence-corrected chi connectivity index (χ3v) is 2.07. The first-order chi connectivity index (χ1) is 5.74. The van der Waals surface area contributed by atoms with Crippen molar-refractivity contribution in [2.75, 3.05) is 6.67 Å². The maximum absolute atomic E-state index is 11.9. The summed E-state index contributed by atoms with van der Waals surface area (Å²) in [6.45, 7) is -0.392. The van der Waals surface area contributed by atoms with Crippen molar-refractivity contribution in [2.24, 2.45) is 5.73 Å². The van der Waals surface area contributed by atoms with Gasteiger partial charge in [-0.25, -0.2) is 4.98 Å². The van der Waals surface area contributed by atoms with Gasteiger partial charge in [0.25, 0.3) is 0 Å². The van der Waals surface area contributed by atoms with Crippen LogP contribution in [0.2, 0.25) is 0 Å². The van der Waals surface area contributed by atoms with E-state index in [1.807, 2.05) is 6.07 Å². The maximum atomic E-state index is 11.9. The SMILES string of the molecule is Cl.N[C@@H](CCF)c1ccc(Br)nc1. The van der Waals surface area contributed by atoms with Gasteiger partial charge in [-0.3, -0.25) is 4.39 Å². The standard InChI is InChI=1S/C8H10BrFN2.ClH/c9-8-2-1-6(5-12-8)7(11)3-4-10;/h1-2,5,7H,3-4,11H2;1H/t7-;/m0./s1. The van der Waals surface area contributed by atoms with E-state index in [2.05, 4.69) is 20.9 Å². The van der Waals surface area contributed by atoms with Crippen LogP contribution in [-0.2, 0) is 0 Å². The van der Waals surface area contributed by atoms with Crippen LogP contribution in [0.15, 0.2) is 22.9 Å². The summed E-state index contributed by atoms with van der Waals surface area (Å²) in [7, 11) is 0. The highest BCUT2D eigenvalue weighted by molar-refractivity contribution is 9.10. The lowest BCUT2D eigenvalue weighted by Gasteiger charge is -2.08. The minimum absolute atomic E-state index is 0. The van der Waals surface area contributed by atoms with Crippen LogP contribution in [-0.4, -0.2) is 11.7 Å². The molecule has 0 fully saturated rings. The highest BCUT2D eigenvalue weighted by Gasteiger charge is 2.04. The summed E-state index contributed by atoms with van der Waals surface area (Å²) in [4.78, 5) is 4.00. The van der Waals surface area contributed by atoms with Gasteiger partial charge in [0.1, 0.15) is 4.60 Å². The molecule has 0 amide bonds. The molecule has 1 rings (SSSR count). The smallest absolute Gasteiger partial charge is 0.106 e. The molecule has 0 unspecified atom stereocenters. The van der Waals surface area contributed by atoms with Crippen molar-refractivity contribution in [3.8, 4) is 0 Å². The lowest BCUT2D eigenvalue weighted by Crippen LogP contribution is -2.10. The molecule has 0 aliphatic carbocycles. The molecule has 0 radical (unpaired) electrons. The van der Waals surface area contributed by atoms with Gasteiger partial charge in [-0.2, -0.15) is 0 Å². The first-order valence-corrected chi connectivity index (χ1v) is 4.46. The Balaban J connectivity index is 0.00000144. The van der Waals surface area contributed by atoms with Gasteiger partial charge in [0, 0.05) is 12.2 Å². The van der Waals surface area contributed by atoms with Crippen LogP contribution in [0, 0.1) is 0 Å². The number of pyridine rings is 1. The number of nitrogens with two attached hydrogens (primary N) is 1. The molecule has 1 heterocycles. The van der Waals surface area contributed by atoms with E-state index < -0.39 is 6.67 Å². The Bertz CT molecular complexity index is 242. The summed E-state index contributed by atoms with van der Waals surface area (Å²) in [5.41, 5.74) is 6.53. The molecule has 0 aliphatic heterocycles. The number of hydrogen-bond donors (Lipinski definition) is 1. The van der Waals surface area contributed by atoms with Crippen LogP contribution in [0.4, 0.5) is 4.39 Å². The van der Waals surface area contributed by atoms with Crippen molar-refractivity contribution < 1.29 is 4.39 Å². The van der Waals surface area contributed by atoms with Crippen LogP contribution in [0.1, 0.15) is 18.0 Å². The Morgan fingerprint density at radius 1 is 1.54 bits per heavy atom. The molecule has 13 heavy (non-hydrogen) atoms. The summed E-state index contributed by atoms with van der Waals surface area (Å²) in [5.74, 6) is 0. The van der Waals surface area contributed by atoms with Gasteiger partial charge in [0.15, 0.2) is 0 Å². The average molecular weight is 270 g/mol. The van der Waals surface area contributed by atoms with Gasteiger partial charge in [-0.05, 0) is 34.0 Å². The van der Waals surface area contributed by atoms with Crippen LogP contribution in [0.3, 0.4) is 0 Å². The van der Waals surface area contributed by atoms with E-state index >= 15 is 0 Å². The van der Waals surface area contributed by atoms with E-state index in [1.165, 1.54) is 0 Å². The Hall–Kier alpha value is -0.190. The van der Waals surface area contributed by atoms with Crippen molar-refractivity contribution in [1.82, 2.24) is 4.98 Å². The number of rotatable bonds is 3. The van der Waals surface area contributed by atoms with Gasteiger partial charge in [0.05, 0.1) is 6.67 Å². The average Bonchev–Trinajstić information content (AvgIpc) is 2.06. The van der Waals surface area contributed by atoms with E-state index in [-0.39, 0.29) is 18.4 Å². The molecule has 0 bridgehead atoms. The van der Waals surface area contributed by atoms with Crippen LogP contribution < -0.4 is 5.73 Å². The molecule has 0 spiro atoms. The van der Waals surface area contributed by atoms with Gasteiger partial charge < -0.3 is 5.73 Å². The lowest BCUT2D eigenvalue weighted by molar-refractivity contribution is 0.441. The second-order valence-corrected chi connectivity index (χ2v) is 3.31. The number of alkyl halides is 1. The fourth-order valence-electron chi connectivity index (χ4n) is 0.891. The Labute approximate surface area is 91.3 Å². The summed E-state index contributed by atoms with van der Waals surface area (Å²) in [6, 6.07) is 3.40. The van der Waals surface area contributed by atoms with Gasteiger partial charge in [0.2, 0.25) is 0 Å². The highest BCUT2D eigenvalue weighted by atomic mass is 79.9. The lowest BCUT2D eigenvalue weighted by atomic mass is 10.1. The maximum Gasteiger partial charge on any atom is 0.106 e. The molecule has 5 heteroatoms. The van der Waals surface area contributed by atoms with Crippen molar-refractivity contribution in [3.05, 3.63) is 28.5 Å². The number of hydrogen-bond acceptors (Lipinski definition) is 2. The quantitative estimate of drug-likeness (QED) is 0.857. The second kappa shape index (κ2) is 6.29. The molecule has 0 aromatic carbocycles. The molecule has 0 saturated heterocycles. The second-order valence-electron chi connectivity index (χ2n) is 2.50. The molecule has 1 aromatic heterocycles. The highest BCUT2D eigenvalue weighted by Crippen LogP contribution is 2.14. The predicted molar refractivity (Wildman–Crippen MR) is 56.7 cm³/mol. The van der Waals surface area contributed by atoms with Crippen molar-refractivity contribution in [3.63, 3.8) is 0 Å². The Kier molecular flexibility index (Phi) is 6.20. The Morgan fingerprint density at radius 3 is 2.69 bits per heavy atom. The summed E-state index contributed by atoms with van der Waals surface area (Å²) in [5, 5.41) is 0. The predicted octanol–water partition coefficient (Wildman–Crippen LogP) is 2.63. The minimum atomic E-state index is -0.392. The number of aromatic nitrogens is 1. The Morgan fingerprint density at radius 2 is 2.23 bits per heavy atom. The van der Waals surface area contributed by atoms with Gasteiger partial charge in [-0.15, -0.1) is 12.4 Å². The van der Waals surface area contributed by atoms with Crippen molar-refractivity contribution >= 4 is 28.3 Å². The molecule has 0 saturated carbocycles. The van der Waals surface area contributed by atoms with E-state index in [9.17, 15) is 4.39 Å². The topological polar surface area (TPSA) is 38.9 Å². The monoisotopic (exact) mass is 268 g/mol. The molecular formula is C8H11BrClFN2. The van der Waals surface area contributed by atoms with Crippen LogP contribution >= 0.6 is 28.3 Å². The van der Waals surface area contributed by atoms with Crippen molar-refractivity contribution in [2.45, 2.75) is 12.5 Å². The zero-order chi connectivity index (χ0) is 8.97. The molecular weight excluding hydrogens is 258 g/mol. The third kappa shape index (κ3) is 4.02. The minimum Gasteiger partial charge on any atom is -0.324 e. The summed E-state index contributed by atoms with van der Waals surface area (Å²) in [6.07, 6.45) is 2.01. The largest absolute Gasteiger partial charge is 0.324 e. The third-order valence-electron chi connectivity index (χ3n) is 1.60. The van der Waals surface area contributed by atoms with Gasteiger partial charge >= 0.3 is 0 Å². The van der Waals surface area contributed by atoms with Crippen LogP contribution in [0.5, 0.6) is 0 Å². The summed E-state index contributed by atoms with van der Waals surface area (Å²) < 4.78 is 12.7. The fourth-order valence-corrected chi connectivity index (χ4v) is 1.13. The molecule has 2 nitrogen and oxygen atoms in total. The van der Waals surface area contributed by atoms with E-state index in [4.69, 9.17) is 5.73 Å². The zero-order valence-corrected chi connectivity index (χ0v) is 9.31. The molecule has 1 atom stereocenters. The molecule has 2 N–H and O–H groups in total.